The van der Waals surface area contributed by atoms with Crippen molar-refractivity contribution in [3.8, 4) is 0 Å². The number of hydrogen-bond donors (Lipinski definition) is 3. The summed E-state index contributed by atoms with van der Waals surface area (Å²) in [6.45, 7) is 5.53. The van der Waals surface area contributed by atoms with Gasteiger partial charge in [-0.15, -0.1) is 11.8 Å². The van der Waals surface area contributed by atoms with Crippen molar-refractivity contribution in [1.82, 2.24) is 5.32 Å². The van der Waals surface area contributed by atoms with Crippen LogP contribution in [-0.4, -0.2) is 34.2 Å². The Morgan fingerprint density at radius 1 is 1.35 bits per heavy atom. The third-order valence-electron chi connectivity index (χ3n) is 4.48. The molecule has 1 aromatic rings. The molecule has 1 fully saturated rings. The summed E-state index contributed by atoms with van der Waals surface area (Å²) in [5.74, 6) is -0.0392. The van der Waals surface area contributed by atoms with Crippen LogP contribution >= 0.6 is 11.8 Å². The number of carbonyl (C=O) groups excluding carboxylic acids is 1. The Bertz CT molecular complexity index is 632. The van der Waals surface area contributed by atoms with E-state index in [2.05, 4.69) is 5.32 Å². The van der Waals surface area contributed by atoms with Gasteiger partial charge in [0.25, 0.3) is 0 Å². The van der Waals surface area contributed by atoms with Crippen LogP contribution in [0.15, 0.2) is 35.2 Å². The maximum atomic E-state index is 12.5. The molecule has 1 amide bonds. The minimum absolute atomic E-state index is 0.171. The van der Waals surface area contributed by atoms with Gasteiger partial charge in [-0.25, -0.2) is 4.79 Å². The van der Waals surface area contributed by atoms with Crippen LogP contribution in [0.25, 0.3) is 0 Å². The van der Waals surface area contributed by atoms with Crippen LogP contribution in [0.3, 0.4) is 0 Å². The predicted molar refractivity (Wildman–Crippen MR) is 102 cm³/mol. The summed E-state index contributed by atoms with van der Waals surface area (Å²) >= 11 is 1.62. The van der Waals surface area contributed by atoms with Crippen LogP contribution in [0.5, 0.6) is 0 Å². The lowest BCUT2D eigenvalue weighted by molar-refractivity contribution is -0.162. The topological polar surface area (TPSA) is 102 Å². The van der Waals surface area contributed by atoms with E-state index in [1.807, 2.05) is 51.1 Å². The van der Waals surface area contributed by atoms with Crippen molar-refractivity contribution < 1.29 is 19.4 Å². The fourth-order valence-corrected chi connectivity index (χ4v) is 4.36. The van der Waals surface area contributed by atoms with Gasteiger partial charge in [0, 0.05) is 16.6 Å². The molecule has 3 atom stereocenters. The van der Waals surface area contributed by atoms with Crippen LogP contribution in [0.1, 0.15) is 40.0 Å². The molecule has 4 N–H and O–H groups in total. The number of ether oxygens (including phenoxy) is 1. The average Bonchev–Trinajstić information content (AvgIpc) is 2.52. The van der Waals surface area contributed by atoms with Gasteiger partial charge in [-0.05, 0) is 52.2 Å². The molecule has 6 nitrogen and oxygen atoms in total. The van der Waals surface area contributed by atoms with Crippen LogP contribution < -0.4 is 11.1 Å². The third kappa shape index (κ3) is 5.92. The second kappa shape index (κ2) is 8.31. The van der Waals surface area contributed by atoms with Gasteiger partial charge in [-0.1, -0.05) is 18.2 Å². The van der Waals surface area contributed by atoms with Gasteiger partial charge < -0.3 is 20.9 Å². The fraction of sp³-hybridized carbons (Fsp3) is 0.579. The molecular weight excluding hydrogens is 352 g/mol. The van der Waals surface area contributed by atoms with Gasteiger partial charge in [-0.3, -0.25) is 4.79 Å². The van der Waals surface area contributed by atoms with Gasteiger partial charge in [0.2, 0.25) is 0 Å². The Morgan fingerprint density at radius 2 is 2.00 bits per heavy atom. The summed E-state index contributed by atoms with van der Waals surface area (Å²) in [5.41, 5.74) is 4.83. The summed E-state index contributed by atoms with van der Waals surface area (Å²) < 4.78 is 5.51. The molecule has 0 spiro atoms. The van der Waals surface area contributed by atoms with Gasteiger partial charge in [-0.2, -0.15) is 0 Å². The lowest BCUT2D eigenvalue weighted by Crippen LogP contribution is -2.63. The summed E-state index contributed by atoms with van der Waals surface area (Å²) in [4.78, 5) is 24.8. The average molecular weight is 381 g/mol. The lowest BCUT2D eigenvalue weighted by Gasteiger charge is -2.43. The van der Waals surface area contributed by atoms with E-state index in [1.165, 1.54) is 0 Å². The largest absolute Gasteiger partial charge is 0.465 e. The first kappa shape index (κ1) is 20.6. The number of thioether (sulfide) groups is 1. The number of carbonyl (C=O) groups is 2. The second-order valence-corrected chi connectivity index (χ2v) is 8.89. The summed E-state index contributed by atoms with van der Waals surface area (Å²) in [6, 6.07) is 9.86. The van der Waals surface area contributed by atoms with Crippen LogP contribution in [0, 0.1) is 11.8 Å². The molecule has 2 rings (SSSR count). The first-order valence-electron chi connectivity index (χ1n) is 8.80. The highest BCUT2D eigenvalue weighted by molar-refractivity contribution is 7.99. The molecule has 7 heteroatoms. The zero-order valence-corrected chi connectivity index (χ0v) is 16.3. The van der Waals surface area contributed by atoms with Gasteiger partial charge >= 0.3 is 12.1 Å². The highest BCUT2D eigenvalue weighted by atomic mass is 32.2. The van der Waals surface area contributed by atoms with Gasteiger partial charge in [0.15, 0.2) is 0 Å². The molecule has 0 aliphatic heterocycles. The zero-order valence-electron chi connectivity index (χ0n) is 15.5. The molecule has 0 radical (unpaired) electrons. The van der Waals surface area contributed by atoms with E-state index >= 15 is 0 Å². The van der Waals surface area contributed by atoms with Crippen LogP contribution in [0.2, 0.25) is 0 Å². The SMILES string of the molecule is CC(C)(C)OC(=O)C1CCC(N)(NC(=O)O)C(CSc2ccccc2)C1. The van der Waals surface area contributed by atoms with Crippen LogP contribution in [0.4, 0.5) is 4.79 Å². The molecule has 3 unspecified atom stereocenters. The minimum Gasteiger partial charge on any atom is -0.465 e. The molecule has 1 saturated carbocycles. The molecule has 1 aliphatic rings. The molecular formula is C19H28N2O4S. The van der Waals surface area contributed by atoms with E-state index in [-0.39, 0.29) is 17.8 Å². The van der Waals surface area contributed by atoms with Gasteiger partial charge in [0.1, 0.15) is 5.60 Å². The molecule has 0 heterocycles. The molecule has 0 bridgehead atoms. The van der Waals surface area contributed by atoms with E-state index in [0.717, 1.165) is 4.90 Å². The van der Waals surface area contributed by atoms with Crippen molar-refractivity contribution >= 4 is 23.8 Å². The van der Waals surface area contributed by atoms with Crippen molar-refractivity contribution in [1.29, 1.82) is 0 Å². The zero-order chi connectivity index (χ0) is 19.4. The van der Waals surface area contributed by atoms with E-state index in [1.54, 1.807) is 11.8 Å². The maximum absolute atomic E-state index is 12.5. The Kier molecular flexibility index (Phi) is 6.58. The van der Waals surface area contributed by atoms with Gasteiger partial charge in [0.05, 0.1) is 11.6 Å². The van der Waals surface area contributed by atoms with Crippen molar-refractivity contribution in [2.45, 2.75) is 56.2 Å². The maximum Gasteiger partial charge on any atom is 0.406 e. The monoisotopic (exact) mass is 380 g/mol. The second-order valence-electron chi connectivity index (χ2n) is 7.80. The Labute approximate surface area is 158 Å². The van der Waals surface area contributed by atoms with Crippen molar-refractivity contribution in [2.24, 2.45) is 17.6 Å². The number of benzene rings is 1. The highest BCUT2D eigenvalue weighted by Crippen LogP contribution is 2.38. The Balaban J connectivity index is 2.09. The number of rotatable bonds is 5. The molecule has 144 valence electrons. The fourth-order valence-electron chi connectivity index (χ4n) is 3.18. The first-order chi connectivity index (χ1) is 12.1. The number of nitrogens with one attached hydrogen (secondary N) is 1. The number of nitrogens with two attached hydrogens (primary N) is 1. The summed E-state index contributed by atoms with van der Waals surface area (Å²) in [7, 11) is 0. The smallest absolute Gasteiger partial charge is 0.406 e. The standard InChI is InChI=1S/C19H28N2O4S/c1-18(2,3)25-16(22)13-9-10-19(20,21-17(23)24)14(11-13)12-26-15-7-5-4-6-8-15/h4-8,13-14,21H,9-12,20H2,1-3H3,(H,23,24). The normalized spacial score (nSPS) is 26.2. The van der Waals surface area contributed by atoms with Crippen LogP contribution in [-0.2, 0) is 9.53 Å². The molecule has 1 aliphatic carbocycles. The number of amides is 1. The summed E-state index contributed by atoms with van der Waals surface area (Å²) in [6.07, 6.45) is 0.283. The van der Waals surface area contributed by atoms with E-state index in [4.69, 9.17) is 10.5 Å². The molecule has 0 aromatic heterocycles. The van der Waals surface area contributed by atoms with E-state index < -0.39 is 17.4 Å². The van der Waals surface area contributed by atoms with Crippen molar-refractivity contribution in [3.63, 3.8) is 0 Å². The van der Waals surface area contributed by atoms with Crippen molar-refractivity contribution in [3.05, 3.63) is 30.3 Å². The molecule has 26 heavy (non-hydrogen) atoms. The third-order valence-corrected chi connectivity index (χ3v) is 5.65. The number of hydrogen-bond acceptors (Lipinski definition) is 5. The van der Waals surface area contributed by atoms with E-state index in [9.17, 15) is 14.7 Å². The molecule has 1 aromatic carbocycles. The van der Waals surface area contributed by atoms with Crippen molar-refractivity contribution in [2.75, 3.05) is 5.75 Å². The number of carboxylic acid groups (broad SMARTS) is 1. The summed E-state index contributed by atoms with van der Waals surface area (Å²) in [5, 5.41) is 11.7. The highest BCUT2D eigenvalue weighted by Gasteiger charge is 2.44. The Morgan fingerprint density at radius 3 is 2.58 bits per heavy atom. The predicted octanol–water partition coefficient (Wildman–Crippen LogP) is 3.46. The molecule has 0 saturated heterocycles. The Hall–Kier alpha value is -1.73. The van der Waals surface area contributed by atoms with E-state index in [0.29, 0.717) is 25.0 Å². The lowest BCUT2D eigenvalue weighted by atomic mass is 9.74. The minimum atomic E-state index is -1.14. The number of esters is 1. The first-order valence-corrected chi connectivity index (χ1v) is 9.78. The quantitative estimate of drug-likeness (QED) is 0.411.